The second-order valence-electron chi connectivity index (χ2n) is 7.36. The number of benzene rings is 2. The lowest BCUT2D eigenvalue weighted by molar-refractivity contribution is -0.113. The Hall–Kier alpha value is -3.68. The molecule has 154 valence electrons. The molecule has 1 amide bonds. The van der Waals surface area contributed by atoms with E-state index in [1.54, 1.807) is 12.3 Å². The largest absolute Gasteiger partial charge is 0.360 e. The van der Waals surface area contributed by atoms with E-state index >= 15 is 0 Å². The number of aromatic amines is 1. The molecule has 2 heterocycles. The van der Waals surface area contributed by atoms with Gasteiger partial charge in [0, 0.05) is 45.7 Å². The topological polar surface area (TPSA) is 109 Å². The molecular formula is C23H19ClN6O. The van der Waals surface area contributed by atoms with Crippen LogP contribution in [0.25, 0.3) is 22.2 Å². The van der Waals surface area contributed by atoms with Gasteiger partial charge in [-0.2, -0.15) is 0 Å². The molecule has 8 heteroatoms. The zero-order chi connectivity index (χ0) is 21.4. The number of hydrogen-bond donors (Lipinski definition) is 4. The van der Waals surface area contributed by atoms with Gasteiger partial charge >= 0.3 is 0 Å². The number of nitrogens with one attached hydrogen (secondary N) is 3. The van der Waals surface area contributed by atoms with Crippen molar-refractivity contribution in [1.29, 1.82) is 0 Å². The van der Waals surface area contributed by atoms with Crippen LogP contribution in [0.1, 0.15) is 6.42 Å². The zero-order valence-electron chi connectivity index (χ0n) is 16.4. The van der Waals surface area contributed by atoms with Gasteiger partial charge in [-0.25, -0.2) is 9.97 Å². The van der Waals surface area contributed by atoms with Crippen molar-refractivity contribution in [2.45, 2.75) is 12.5 Å². The first-order valence-electron chi connectivity index (χ1n) is 9.80. The predicted molar refractivity (Wildman–Crippen MR) is 123 cm³/mol. The summed E-state index contributed by atoms with van der Waals surface area (Å²) >= 11 is 6.40. The molecule has 1 atom stereocenters. The van der Waals surface area contributed by atoms with E-state index in [9.17, 15) is 4.79 Å². The number of carbonyl (C=O) groups is 1. The number of aromatic nitrogens is 3. The first-order valence-corrected chi connectivity index (χ1v) is 10.2. The van der Waals surface area contributed by atoms with Crippen LogP contribution in [0.3, 0.4) is 0 Å². The Morgan fingerprint density at radius 2 is 1.97 bits per heavy atom. The van der Waals surface area contributed by atoms with Crippen LogP contribution in [-0.2, 0) is 4.79 Å². The Morgan fingerprint density at radius 1 is 1.16 bits per heavy atom. The summed E-state index contributed by atoms with van der Waals surface area (Å²) in [5, 5.41) is 7.56. The quantitative estimate of drug-likeness (QED) is 0.369. The summed E-state index contributed by atoms with van der Waals surface area (Å²) in [7, 11) is 0. The molecule has 1 aliphatic carbocycles. The summed E-state index contributed by atoms with van der Waals surface area (Å²) in [6.07, 6.45) is 5.83. The van der Waals surface area contributed by atoms with Crippen LogP contribution >= 0.6 is 11.6 Å². The molecule has 7 nitrogen and oxygen atoms in total. The van der Waals surface area contributed by atoms with E-state index in [0.29, 0.717) is 34.3 Å². The van der Waals surface area contributed by atoms with Crippen molar-refractivity contribution in [1.82, 2.24) is 15.0 Å². The number of anilines is 3. The summed E-state index contributed by atoms with van der Waals surface area (Å²) in [6, 6.07) is 15.3. The second kappa shape index (κ2) is 7.86. The van der Waals surface area contributed by atoms with E-state index in [2.05, 4.69) is 25.6 Å². The third kappa shape index (κ3) is 3.88. The SMILES string of the molecule is N[C@H]1C=C(C(=O)Nc2cccc(Nc3ncc(Cl)c(-c4c[nH]c5ccccc45)n3)c2)C1. The molecule has 31 heavy (non-hydrogen) atoms. The van der Waals surface area contributed by atoms with Crippen LogP contribution in [0.4, 0.5) is 17.3 Å². The third-order valence-electron chi connectivity index (χ3n) is 5.13. The maximum absolute atomic E-state index is 12.2. The molecule has 0 bridgehead atoms. The smallest absolute Gasteiger partial charge is 0.251 e. The molecule has 0 unspecified atom stereocenters. The monoisotopic (exact) mass is 430 g/mol. The Kier molecular flexibility index (Phi) is 4.89. The number of fused-ring (bicyclic) bond motifs is 1. The van der Waals surface area contributed by atoms with Crippen molar-refractivity contribution in [3.63, 3.8) is 0 Å². The highest BCUT2D eigenvalue weighted by Crippen LogP contribution is 2.32. The van der Waals surface area contributed by atoms with Gasteiger partial charge in [-0.3, -0.25) is 4.79 Å². The summed E-state index contributed by atoms with van der Waals surface area (Å²) < 4.78 is 0. The summed E-state index contributed by atoms with van der Waals surface area (Å²) in [5.41, 5.74) is 10.4. The molecule has 5 rings (SSSR count). The highest BCUT2D eigenvalue weighted by atomic mass is 35.5. The van der Waals surface area contributed by atoms with Gasteiger partial charge in [-0.15, -0.1) is 0 Å². The predicted octanol–water partition coefficient (Wildman–Crippen LogP) is 4.62. The van der Waals surface area contributed by atoms with E-state index in [-0.39, 0.29) is 11.9 Å². The summed E-state index contributed by atoms with van der Waals surface area (Å²) in [4.78, 5) is 24.4. The molecule has 0 fully saturated rings. The van der Waals surface area contributed by atoms with E-state index in [1.165, 1.54) is 0 Å². The van der Waals surface area contributed by atoms with Crippen molar-refractivity contribution in [2.24, 2.45) is 5.73 Å². The first kappa shape index (κ1) is 19.3. The Bertz CT molecular complexity index is 1330. The van der Waals surface area contributed by atoms with Gasteiger partial charge in [0.25, 0.3) is 5.91 Å². The van der Waals surface area contributed by atoms with E-state index in [0.717, 1.165) is 22.2 Å². The zero-order valence-corrected chi connectivity index (χ0v) is 17.1. The van der Waals surface area contributed by atoms with Crippen molar-refractivity contribution in [3.05, 3.63) is 77.6 Å². The van der Waals surface area contributed by atoms with Crippen LogP contribution in [0.2, 0.25) is 5.02 Å². The molecule has 0 spiro atoms. The van der Waals surface area contributed by atoms with Gasteiger partial charge in [-0.05, 0) is 30.7 Å². The Morgan fingerprint density at radius 3 is 2.81 bits per heavy atom. The molecule has 0 saturated heterocycles. The maximum Gasteiger partial charge on any atom is 0.251 e. The van der Waals surface area contributed by atoms with E-state index < -0.39 is 0 Å². The standard InChI is InChI=1S/C23H19ClN6O/c24-19-12-27-23(30-21(19)18-11-26-20-7-2-1-6-17(18)20)29-16-5-3-4-15(10-16)28-22(31)13-8-14(25)9-13/h1-8,10-12,14,26H,9,25H2,(H,28,31)(H,27,29,30)/t14-/m0/s1. The molecule has 2 aromatic heterocycles. The van der Waals surface area contributed by atoms with Crippen molar-refractivity contribution in [2.75, 3.05) is 10.6 Å². The van der Waals surface area contributed by atoms with Gasteiger partial charge in [0.1, 0.15) is 0 Å². The minimum atomic E-state index is -0.136. The second-order valence-corrected chi connectivity index (χ2v) is 7.77. The number of carbonyl (C=O) groups excluding carboxylic acids is 1. The fourth-order valence-corrected chi connectivity index (χ4v) is 3.74. The minimum absolute atomic E-state index is 0.0258. The molecule has 0 saturated carbocycles. The molecule has 5 N–H and O–H groups in total. The number of nitrogens with zero attached hydrogens (tertiary/aromatic N) is 2. The Labute approximate surface area is 183 Å². The number of amides is 1. The van der Waals surface area contributed by atoms with Gasteiger partial charge in [0.05, 0.1) is 16.9 Å². The van der Waals surface area contributed by atoms with Gasteiger partial charge in [0.15, 0.2) is 0 Å². The number of rotatable bonds is 5. The molecule has 4 aromatic rings. The minimum Gasteiger partial charge on any atom is -0.360 e. The van der Waals surface area contributed by atoms with Gasteiger partial charge < -0.3 is 21.4 Å². The van der Waals surface area contributed by atoms with Crippen LogP contribution in [0.5, 0.6) is 0 Å². The number of halogens is 1. The van der Waals surface area contributed by atoms with Gasteiger partial charge in [0.2, 0.25) is 5.95 Å². The molecule has 0 aliphatic heterocycles. The highest BCUT2D eigenvalue weighted by Gasteiger charge is 2.21. The number of H-pyrrole nitrogens is 1. The van der Waals surface area contributed by atoms with Crippen molar-refractivity contribution < 1.29 is 4.79 Å². The van der Waals surface area contributed by atoms with Gasteiger partial charge in [-0.1, -0.05) is 41.9 Å². The van der Waals surface area contributed by atoms with Crippen LogP contribution in [0, 0.1) is 0 Å². The third-order valence-corrected chi connectivity index (χ3v) is 5.40. The molecular weight excluding hydrogens is 412 g/mol. The average molecular weight is 431 g/mol. The molecule has 2 aromatic carbocycles. The Balaban J connectivity index is 1.39. The van der Waals surface area contributed by atoms with Crippen LogP contribution in [-0.4, -0.2) is 26.9 Å². The van der Waals surface area contributed by atoms with Crippen LogP contribution < -0.4 is 16.4 Å². The number of nitrogens with two attached hydrogens (primary N) is 1. The van der Waals surface area contributed by atoms with Crippen LogP contribution in [0.15, 0.2) is 72.6 Å². The van der Waals surface area contributed by atoms with E-state index in [1.807, 2.05) is 54.7 Å². The molecule has 0 radical (unpaired) electrons. The summed E-state index contributed by atoms with van der Waals surface area (Å²) in [5.74, 6) is 0.268. The van der Waals surface area contributed by atoms with Crippen molar-refractivity contribution >= 4 is 45.7 Å². The van der Waals surface area contributed by atoms with E-state index in [4.69, 9.17) is 17.3 Å². The fraction of sp³-hybridized carbons (Fsp3) is 0.0870. The highest BCUT2D eigenvalue weighted by molar-refractivity contribution is 6.33. The van der Waals surface area contributed by atoms with Crippen molar-refractivity contribution in [3.8, 4) is 11.3 Å². The lowest BCUT2D eigenvalue weighted by atomic mass is 9.93. The lowest BCUT2D eigenvalue weighted by Crippen LogP contribution is -2.31. The summed E-state index contributed by atoms with van der Waals surface area (Å²) in [6.45, 7) is 0. The average Bonchev–Trinajstić information content (AvgIpc) is 3.17. The molecule has 1 aliphatic rings. The lowest BCUT2D eigenvalue weighted by Gasteiger charge is -2.20. The maximum atomic E-state index is 12.2. The normalized spacial score (nSPS) is 15.3. The first-order chi connectivity index (χ1) is 15.1. The fourth-order valence-electron chi connectivity index (χ4n) is 3.55. The number of hydrogen-bond acceptors (Lipinski definition) is 5. The number of para-hydroxylation sites is 1.